The molecule has 0 aromatic heterocycles. The highest BCUT2D eigenvalue weighted by Crippen LogP contribution is 2.27. The third-order valence-corrected chi connectivity index (χ3v) is 17.8. The topological polar surface area (TPSA) is 55.4 Å². The van der Waals surface area contributed by atoms with Crippen LogP contribution < -0.4 is 0 Å². The van der Waals surface area contributed by atoms with Gasteiger partial charge in [0, 0.05) is 33.9 Å². The molecule has 11 heteroatoms. The van der Waals surface area contributed by atoms with Gasteiger partial charge < -0.3 is 25.6 Å². The van der Waals surface area contributed by atoms with E-state index >= 15 is 0 Å². The van der Waals surface area contributed by atoms with Gasteiger partial charge in [0.05, 0.1) is 0 Å². The van der Waals surface area contributed by atoms with Crippen molar-refractivity contribution in [2.45, 2.75) is 57.9 Å². The first-order chi connectivity index (χ1) is 10.4. The van der Waals surface area contributed by atoms with Gasteiger partial charge in [-0.15, -0.1) is 0 Å². The van der Waals surface area contributed by atoms with Gasteiger partial charge in [0.15, 0.2) is 26.4 Å². The highest BCUT2D eigenvalue weighted by molar-refractivity contribution is 6.85. The van der Waals surface area contributed by atoms with E-state index in [0.717, 1.165) is 12.1 Å². The van der Waals surface area contributed by atoms with Crippen LogP contribution in [0.2, 0.25) is 57.9 Å². The lowest BCUT2D eigenvalue weighted by Gasteiger charge is -2.37. The molecule has 0 amide bonds. The van der Waals surface area contributed by atoms with E-state index in [1.165, 1.54) is 0 Å². The van der Waals surface area contributed by atoms with Crippen molar-refractivity contribution in [2.24, 2.45) is 0 Å². The van der Waals surface area contributed by atoms with Crippen LogP contribution in [0.15, 0.2) is 0 Å². The van der Waals surface area contributed by atoms with Gasteiger partial charge >= 0.3 is 17.6 Å². The summed E-state index contributed by atoms with van der Waals surface area (Å²) in [4.78, 5) is 0. The smallest absolute Gasteiger partial charge is 0.417 e. The molecule has 0 aromatic rings. The number of rotatable bonds is 12. The van der Waals surface area contributed by atoms with Crippen LogP contribution in [0.3, 0.4) is 0 Å². The van der Waals surface area contributed by atoms with Crippen LogP contribution in [-0.2, 0) is 25.6 Å². The highest BCUT2D eigenvalue weighted by Gasteiger charge is 2.45. The Morgan fingerprint density at radius 3 is 1.39 bits per heavy atom. The maximum atomic E-state index is 6.52. The second-order valence-electron chi connectivity index (χ2n) is 6.54. The molecule has 0 aliphatic rings. The van der Waals surface area contributed by atoms with Gasteiger partial charge in [0.2, 0.25) is 0 Å². The summed E-state index contributed by atoms with van der Waals surface area (Å²) < 4.78 is 35.4. The molecule has 0 saturated heterocycles. The lowest BCUT2D eigenvalue weighted by atomic mass is 10.9. The van der Waals surface area contributed by atoms with Crippen molar-refractivity contribution in [2.75, 3.05) is 21.3 Å². The molecule has 0 aliphatic carbocycles. The van der Waals surface area contributed by atoms with Gasteiger partial charge in [-0.3, -0.25) is 0 Å². The lowest BCUT2D eigenvalue weighted by molar-refractivity contribution is 0.124. The second kappa shape index (κ2) is 10.1. The molecule has 0 aliphatic heterocycles. The van der Waals surface area contributed by atoms with E-state index < -0.39 is 44.0 Å². The molecule has 0 aromatic carbocycles. The Morgan fingerprint density at radius 1 is 0.696 bits per heavy atom. The zero-order valence-electron chi connectivity index (χ0n) is 16.4. The molecule has 0 heterocycles. The average molecular weight is 415 g/mol. The zero-order chi connectivity index (χ0) is 18.3. The molecule has 23 heavy (non-hydrogen) atoms. The van der Waals surface area contributed by atoms with Crippen LogP contribution in [-0.4, -0.2) is 65.3 Å². The largest absolute Gasteiger partial charge is 0.499 e. The molecule has 0 fully saturated rings. The lowest BCUT2D eigenvalue weighted by Crippen LogP contribution is -2.55. The molecule has 0 saturated carbocycles. The Labute approximate surface area is 149 Å². The third kappa shape index (κ3) is 9.20. The number of hydrogen-bond acceptors (Lipinski definition) is 6. The standard InChI is InChI=1S/C12H34O6Si5/c1-13-23(14-2,15-3)12-11-21(8,9)18-22(10,16-19(4)5)17-20(6)7/h11-12H2,1-10H3. The van der Waals surface area contributed by atoms with E-state index in [-0.39, 0.29) is 0 Å². The Morgan fingerprint density at radius 2 is 1.09 bits per heavy atom. The SMILES string of the molecule is CO[Si](CC[Si](C)(C)O[Si](C)(O[Si](C)C)O[Si](C)C)(OC)OC. The van der Waals surface area contributed by atoms with Gasteiger partial charge in [0.1, 0.15) is 0 Å². The van der Waals surface area contributed by atoms with Crippen LogP contribution in [0.25, 0.3) is 0 Å². The van der Waals surface area contributed by atoms with E-state index in [2.05, 4.69) is 39.3 Å². The summed E-state index contributed by atoms with van der Waals surface area (Å²) in [5.41, 5.74) is 0. The van der Waals surface area contributed by atoms with Crippen molar-refractivity contribution in [1.82, 2.24) is 0 Å². The Hall–Kier alpha value is 0.844. The predicted octanol–water partition coefficient (Wildman–Crippen LogP) is 3.19. The van der Waals surface area contributed by atoms with Crippen LogP contribution in [0.4, 0.5) is 0 Å². The van der Waals surface area contributed by atoms with E-state index in [1.807, 2.05) is 6.55 Å². The predicted molar refractivity (Wildman–Crippen MR) is 104 cm³/mol. The van der Waals surface area contributed by atoms with E-state index in [1.54, 1.807) is 21.3 Å². The molecule has 138 valence electrons. The molecule has 0 bridgehead atoms. The van der Waals surface area contributed by atoms with Gasteiger partial charge in [-0.25, -0.2) is 0 Å². The van der Waals surface area contributed by atoms with Crippen molar-refractivity contribution in [3.05, 3.63) is 0 Å². The van der Waals surface area contributed by atoms with Crippen molar-refractivity contribution >= 4 is 44.0 Å². The summed E-state index contributed by atoms with van der Waals surface area (Å²) in [6.07, 6.45) is 0. The van der Waals surface area contributed by atoms with E-state index in [4.69, 9.17) is 25.6 Å². The zero-order valence-corrected chi connectivity index (χ0v) is 21.4. The second-order valence-corrected chi connectivity index (χ2v) is 21.5. The van der Waals surface area contributed by atoms with Crippen molar-refractivity contribution in [3.8, 4) is 0 Å². The Balaban J connectivity index is 4.95. The maximum Gasteiger partial charge on any atom is 0.499 e. The normalized spacial score (nSPS) is 14.1. The van der Waals surface area contributed by atoms with Crippen molar-refractivity contribution < 1.29 is 25.6 Å². The summed E-state index contributed by atoms with van der Waals surface area (Å²) in [5.74, 6) is 0. The van der Waals surface area contributed by atoms with Crippen LogP contribution in [0.5, 0.6) is 0 Å². The van der Waals surface area contributed by atoms with E-state index in [0.29, 0.717) is 0 Å². The first-order valence-corrected chi connectivity index (χ1v) is 19.9. The van der Waals surface area contributed by atoms with Gasteiger partial charge in [-0.05, 0) is 45.3 Å². The summed E-state index contributed by atoms with van der Waals surface area (Å²) in [6, 6.07) is 1.63. The molecule has 2 radical (unpaired) electrons. The monoisotopic (exact) mass is 414 g/mol. The molecule has 0 N–H and O–H groups in total. The van der Waals surface area contributed by atoms with Crippen LogP contribution in [0.1, 0.15) is 0 Å². The van der Waals surface area contributed by atoms with E-state index in [9.17, 15) is 0 Å². The fraction of sp³-hybridized carbons (Fsp3) is 1.00. The van der Waals surface area contributed by atoms with Gasteiger partial charge in [0.25, 0.3) is 0 Å². The Bertz CT molecular complexity index is 320. The molecule has 0 rings (SSSR count). The Kier molecular flexibility index (Phi) is 10.5. The minimum Gasteiger partial charge on any atom is -0.417 e. The van der Waals surface area contributed by atoms with Crippen LogP contribution >= 0.6 is 0 Å². The highest BCUT2D eigenvalue weighted by atomic mass is 28.5. The summed E-state index contributed by atoms with van der Waals surface area (Å²) >= 11 is 0. The minimum absolute atomic E-state index is 0.742. The molecule has 6 nitrogen and oxygen atoms in total. The number of hydrogen-bond donors (Lipinski definition) is 0. The summed E-state index contributed by atoms with van der Waals surface area (Å²) in [6.45, 7) is 14.9. The fourth-order valence-electron chi connectivity index (χ4n) is 2.37. The van der Waals surface area contributed by atoms with Gasteiger partial charge in [-0.1, -0.05) is 0 Å². The summed E-state index contributed by atoms with van der Waals surface area (Å²) in [5, 5.41) is 0. The molecule has 0 spiro atoms. The fourth-order valence-corrected chi connectivity index (χ4v) is 19.1. The molecule has 0 atom stereocenters. The third-order valence-electron chi connectivity index (χ3n) is 3.21. The molecule has 0 unspecified atom stereocenters. The quantitative estimate of drug-likeness (QED) is 0.457. The van der Waals surface area contributed by atoms with Crippen molar-refractivity contribution in [1.29, 1.82) is 0 Å². The van der Waals surface area contributed by atoms with Crippen molar-refractivity contribution in [3.63, 3.8) is 0 Å². The molecular weight excluding hydrogens is 381 g/mol. The molecular formula is C12H34O6Si5. The summed E-state index contributed by atoms with van der Waals surface area (Å²) in [7, 11) is -3.98. The van der Waals surface area contributed by atoms with Gasteiger partial charge in [-0.2, -0.15) is 0 Å². The maximum absolute atomic E-state index is 6.52. The average Bonchev–Trinajstić information content (AvgIpc) is 2.37. The first-order valence-electron chi connectivity index (χ1n) is 7.77. The van der Waals surface area contributed by atoms with Crippen LogP contribution in [0, 0.1) is 0 Å². The first kappa shape index (κ1) is 23.8. The minimum atomic E-state index is -2.59.